The normalized spacial score (nSPS) is 11.4. The summed E-state index contributed by atoms with van der Waals surface area (Å²) in [5.74, 6) is -0.0998. The highest BCUT2D eigenvalue weighted by atomic mass is 32.2. The molecule has 0 bridgehead atoms. The smallest absolute Gasteiger partial charge is 0.238 e. The summed E-state index contributed by atoms with van der Waals surface area (Å²) >= 11 is 1.14. The average molecular weight is 284 g/mol. The van der Waals surface area contributed by atoms with Crippen LogP contribution in [0.2, 0.25) is 0 Å². The van der Waals surface area contributed by atoms with Crippen molar-refractivity contribution in [3.8, 4) is 0 Å². The molecule has 0 spiro atoms. The van der Waals surface area contributed by atoms with Gasteiger partial charge >= 0.3 is 0 Å². The van der Waals surface area contributed by atoms with Crippen LogP contribution in [-0.4, -0.2) is 18.6 Å². The zero-order valence-electron chi connectivity index (χ0n) is 9.41. The van der Waals surface area contributed by atoms with E-state index in [0.717, 1.165) is 16.9 Å². The fraction of sp³-hybridized carbons (Fsp3) is 0.200. The van der Waals surface area contributed by atoms with Gasteiger partial charge in [0.25, 0.3) is 0 Å². The Morgan fingerprint density at radius 1 is 1.22 bits per heavy atom. The van der Waals surface area contributed by atoms with E-state index in [1.54, 1.807) is 12.1 Å². The second kappa shape index (κ2) is 5.42. The van der Waals surface area contributed by atoms with E-state index >= 15 is 0 Å². The molecule has 0 amide bonds. The topological polar surface area (TPSA) is 98.0 Å². The molecule has 0 unspecified atom stereocenters. The Morgan fingerprint density at radius 2 is 1.89 bits per heavy atom. The van der Waals surface area contributed by atoms with Gasteiger partial charge in [-0.2, -0.15) is 0 Å². The number of nitrogens with two attached hydrogens (primary N) is 1. The third-order valence-electron chi connectivity index (χ3n) is 2.22. The van der Waals surface area contributed by atoms with Gasteiger partial charge in [0, 0.05) is 6.54 Å². The second-order valence-electron chi connectivity index (χ2n) is 3.63. The van der Waals surface area contributed by atoms with Gasteiger partial charge in [-0.05, 0) is 11.1 Å². The van der Waals surface area contributed by atoms with Crippen LogP contribution in [0.1, 0.15) is 11.1 Å². The van der Waals surface area contributed by atoms with Crippen molar-refractivity contribution in [1.29, 1.82) is 0 Å². The molecule has 0 saturated heterocycles. The lowest BCUT2D eigenvalue weighted by molar-refractivity contribution is 0.600. The molecule has 0 aliphatic rings. The summed E-state index contributed by atoms with van der Waals surface area (Å²) in [7, 11) is -3.45. The Balaban J connectivity index is 2.07. The van der Waals surface area contributed by atoms with Crippen LogP contribution in [0.4, 0.5) is 5.13 Å². The van der Waals surface area contributed by atoms with Crippen molar-refractivity contribution in [3.63, 3.8) is 0 Å². The predicted molar refractivity (Wildman–Crippen MR) is 70.5 cm³/mol. The highest BCUT2D eigenvalue weighted by molar-refractivity contribution is 7.92. The standard InChI is InChI=1S/C10H12N4O2S2/c11-5-8-1-3-9(4-2-8)6-18(15,16)14-10-13-12-7-17-10/h1-4,7H,5-6,11H2,(H,13,14). The van der Waals surface area contributed by atoms with Crippen LogP contribution in [0.5, 0.6) is 0 Å². The molecule has 1 heterocycles. The largest absolute Gasteiger partial charge is 0.326 e. The van der Waals surface area contributed by atoms with Crippen LogP contribution in [0, 0.1) is 0 Å². The maximum absolute atomic E-state index is 11.8. The Labute approximate surface area is 109 Å². The third kappa shape index (κ3) is 3.49. The third-order valence-corrected chi connectivity index (χ3v) is 4.17. The van der Waals surface area contributed by atoms with Crippen LogP contribution in [0.15, 0.2) is 29.8 Å². The second-order valence-corrected chi connectivity index (χ2v) is 6.18. The molecule has 2 rings (SSSR count). The van der Waals surface area contributed by atoms with Crippen molar-refractivity contribution < 1.29 is 8.42 Å². The molecule has 1 aromatic heterocycles. The highest BCUT2D eigenvalue weighted by Gasteiger charge is 2.13. The fourth-order valence-corrected chi connectivity index (χ4v) is 3.25. The van der Waals surface area contributed by atoms with Crippen LogP contribution in [0.3, 0.4) is 0 Å². The summed E-state index contributed by atoms with van der Waals surface area (Å²) in [6.07, 6.45) is 0. The molecular formula is C10H12N4O2S2. The number of nitrogens with zero attached hydrogens (tertiary/aromatic N) is 2. The summed E-state index contributed by atoms with van der Waals surface area (Å²) < 4.78 is 26.0. The summed E-state index contributed by atoms with van der Waals surface area (Å²) in [5.41, 5.74) is 8.60. The number of benzene rings is 1. The number of hydrogen-bond acceptors (Lipinski definition) is 6. The Hall–Kier alpha value is -1.51. The number of rotatable bonds is 5. The van der Waals surface area contributed by atoms with E-state index in [9.17, 15) is 8.42 Å². The van der Waals surface area contributed by atoms with E-state index in [-0.39, 0.29) is 10.9 Å². The predicted octanol–water partition coefficient (Wildman–Crippen LogP) is 0.939. The van der Waals surface area contributed by atoms with E-state index in [1.807, 2.05) is 12.1 Å². The maximum Gasteiger partial charge on any atom is 0.238 e. The van der Waals surface area contributed by atoms with Crippen molar-refractivity contribution >= 4 is 26.5 Å². The van der Waals surface area contributed by atoms with Gasteiger partial charge in [0.15, 0.2) is 0 Å². The number of nitrogens with one attached hydrogen (secondary N) is 1. The van der Waals surface area contributed by atoms with Crippen molar-refractivity contribution in [1.82, 2.24) is 10.2 Å². The molecule has 0 aliphatic heterocycles. The SMILES string of the molecule is NCc1ccc(CS(=O)(=O)Nc2nncs2)cc1. The first kappa shape index (κ1) is 12.9. The summed E-state index contributed by atoms with van der Waals surface area (Å²) in [6, 6.07) is 7.13. The Bertz CT molecular complexity index is 593. The van der Waals surface area contributed by atoms with E-state index in [4.69, 9.17) is 5.73 Å². The number of anilines is 1. The summed E-state index contributed by atoms with van der Waals surface area (Å²) in [5, 5.41) is 7.47. The van der Waals surface area contributed by atoms with Crippen LogP contribution in [-0.2, 0) is 22.3 Å². The van der Waals surface area contributed by atoms with Crippen LogP contribution < -0.4 is 10.5 Å². The first-order chi connectivity index (χ1) is 8.59. The van der Waals surface area contributed by atoms with Crippen LogP contribution >= 0.6 is 11.3 Å². The van der Waals surface area contributed by atoms with Gasteiger partial charge in [0.05, 0.1) is 5.75 Å². The molecule has 0 fully saturated rings. The zero-order chi connectivity index (χ0) is 13.0. The Morgan fingerprint density at radius 3 is 2.44 bits per heavy atom. The molecule has 0 aliphatic carbocycles. The number of hydrogen-bond donors (Lipinski definition) is 2. The molecule has 0 saturated carbocycles. The van der Waals surface area contributed by atoms with Gasteiger partial charge in [0.2, 0.25) is 15.2 Å². The molecular weight excluding hydrogens is 272 g/mol. The summed E-state index contributed by atoms with van der Waals surface area (Å²) in [6.45, 7) is 0.441. The molecule has 8 heteroatoms. The van der Waals surface area contributed by atoms with Gasteiger partial charge in [-0.15, -0.1) is 10.2 Å². The van der Waals surface area contributed by atoms with E-state index < -0.39 is 10.0 Å². The first-order valence-electron chi connectivity index (χ1n) is 5.13. The summed E-state index contributed by atoms with van der Waals surface area (Å²) in [4.78, 5) is 0. The molecule has 0 radical (unpaired) electrons. The quantitative estimate of drug-likeness (QED) is 0.851. The van der Waals surface area contributed by atoms with Gasteiger partial charge < -0.3 is 5.73 Å². The van der Waals surface area contributed by atoms with Gasteiger partial charge in [0.1, 0.15) is 5.51 Å². The van der Waals surface area contributed by atoms with Crippen molar-refractivity contribution in [2.45, 2.75) is 12.3 Å². The minimum atomic E-state index is -3.45. The molecule has 6 nitrogen and oxygen atoms in total. The molecule has 0 atom stereocenters. The van der Waals surface area contributed by atoms with Gasteiger partial charge in [-0.25, -0.2) is 8.42 Å². The van der Waals surface area contributed by atoms with E-state index in [0.29, 0.717) is 12.1 Å². The minimum absolute atomic E-state index is 0.0998. The fourth-order valence-electron chi connectivity index (χ4n) is 1.38. The van der Waals surface area contributed by atoms with E-state index in [2.05, 4.69) is 14.9 Å². The molecule has 18 heavy (non-hydrogen) atoms. The highest BCUT2D eigenvalue weighted by Crippen LogP contribution is 2.14. The zero-order valence-corrected chi connectivity index (χ0v) is 11.0. The molecule has 3 N–H and O–H groups in total. The lowest BCUT2D eigenvalue weighted by Crippen LogP contribution is -2.15. The monoisotopic (exact) mass is 284 g/mol. The average Bonchev–Trinajstić information content (AvgIpc) is 2.81. The van der Waals surface area contributed by atoms with Crippen molar-refractivity contribution in [2.24, 2.45) is 5.73 Å². The minimum Gasteiger partial charge on any atom is -0.326 e. The van der Waals surface area contributed by atoms with Crippen molar-refractivity contribution in [3.05, 3.63) is 40.9 Å². The van der Waals surface area contributed by atoms with E-state index in [1.165, 1.54) is 5.51 Å². The number of aromatic nitrogens is 2. The van der Waals surface area contributed by atoms with Gasteiger partial charge in [-0.1, -0.05) is 35.6 Å². The molecule has 1 aromatic carbocycles. The van der Waals surface area contributed by atoms with Crippen LogP contribution in [0.25, 0.3) is 0 Å². The number of sulfonamides is 1. The Kier molecular flexibility index (Phi) is 3.90. The molecule has 2 aromatic rings. The molecule has 96 valence electrons. The lowest BCUT2D eigenvalue weighted by Gasteiger charge is -2.05. The lowest BCUT2D eigenvalue weighted by atomic mass is 10.1. The van der Waals surface area contributed by atoms with Gasteiger partial charge in [-0.3, -0.25) is 4.72 Å². The van der Waals surface area contributed by atoms with Crippen molar-refractivity contribution in [2.75, 3.05) is 4.72 Å². The maximum atomic E-state index is 11.8. The first-order valence-corrected chi connectivity index (χ1v) is 7.67.